The summed E-state index contributed by atoms with van der Waals surface area (Å²) < 4.78 is 5.75. The van der Waals surface area contributed by atoms with E-state index in [0.717, 1.165) is 11.5 Å². The molecule has 2 aromatic carbocycles. The predicted octanol–water partition coefficient (Wildman–Crippen LogP) is 6.58. The van der Waals surface area contributed by atoms with E-state index in [0.29, 0.717) is 0 Å². The second kappa shape index (κ2) is 8.51. The zero-order chi connectivity index (χ0) is 15.7. The van der Waals surface area contributed by atoms with E-state index in [-0.39, 0.29) is 5.41 Å². The van der Waals surface area contributed by atoms with Crippen LogP contribution in [0.15, 0.2) is 54.6 Å². The van der Waals surface area contributed by atoms with Gasteiger partial charge in [-0.25, -0.2) is 0 Å². The molecule has 0 spiro atoms. The van der Waals surface area contributed by atoms with Crippen LogP contribution in [-0.2, 0) is 5.41 Å². The van der Waals surface area contributed by atoms with E-state index in [9.17, 15) is 0 Å². The lowest BCUT2D eigenvalue weighted by Crippen LogP contribution is -2.10. The Labute approximate surface area is 130 Å². The number of rotatable bonds is 3. The molecule has 0 aliphatic rings. The van der Waals surface area contributed by atoms with Gasteiger partial charge in [-0.1, -0.05) is 77.8 Å². The highest BCUT2D eigenvalue weighted by Crippen LogP contribution is 2.26. The Balaban J connectivity index is 0.000000491. The number of benzene rings is 2. The summed E-state index contributed by atoms with van der Waals surface area (Å²) in [5, 5.41) is 0. The minimum Gasteiger partial charge on any atom is -0.457 e. The van der Waals surface area contributed by atoms with Gasteiger partial charge in [0.05, 0.1) is 0 Å². The van der Waals surface area contributed by atoms with Gasteiger partial charge >= 0.3 is 0 Å². The second-order valence-corrected chi connectivity index (χ2v) is 6.19. The monoisotopic (exact) mass is 284 g/mol. The Kier molecular flexibility index (Phi) is 7.01. The fourth-order valence-electron chi connectivity index (χ4n) is 1.65. The number of para-hydroxylation sites is 1. The van der Waals surface area contributed by atoms with Gasteiger partial charge in [0.25, 0.3) is 0 Å². The molecule has 0 bridgehead atoms. The summed E-state index contributed by atoms with van der Waals surface area (Å²) in [7, 11) is 0. The minimum absolute atomic E-state index is 0.186. The molecule has 0 saturated heterocycles. The zero-order valence-corrected chi connectivity index (χ0v) is 14.0. The maximum absolute atomic E-state index is 5.75. The van der Waals surface area contributed by atoms with E-state index in [4.69, 9.17) is 4.74 Å². The van der Waals surface area contributed by atoms with Crippen molar-refractivity contribution >= 4 is 0 Å². The zero-order valence-electron chi connectivity index (χ0n) is 14.0. The summed E-state index contributed by atoms with van der Waals surface area (Å²) in [5.74, 6) is 1.75. The highest BCUT2D eigenvalue weighted by atomic mass is 16.5. The molecule has 114 valence electrons. The van der Waals surface area contributed by atoms with Crippen molar-refractivity contribution < 1.29 is 4.74 Å². The molecule has 0 radical (unpaired) electrons. The first kappa shape index (κ1) is 17.3. The largest absolute Gasteiger partial charge is 0.457 e. The lowest BCUT2D eigenvalue weighted by atomic mass is 9.87. The van der Waals surface area contributed by atoms with E-state index in [1.54, 1.807) is 0 Å². The SMILES string of the molecule is CC(C)(C)c1ccc(Oc2ccccc2)cc1.CCCC. The van der Waals surface area contributed by atoms with Crippen molar-refractivity contribution in [1.82, 2.24) is 0 Å². The highest BCUT2D eigenvalue weighted by molar-refractivity contribution is 5.34. The van der Waals surface area contributed by atoms with E-state index in [2.05, 4.69) is 46.8 Å². The average Bonchev–Trinajstić information content (AvgIpc) is 2.48. The smallest absolute Gasteiger partial charge is 0.127 e. The van der Waals surface area contributed by atoms with Crippen molar-refractivity contribution in [2.45, 2.75) is 52.9 Å². The first-order chi connectivity index (χ1) is 9.97. The van der Waals surface area contributed by atoms with Crippen molar-refractivity contribution in [2.24, 2.45) is 0 Å². The third kappa shape index (κ3) is 6.48. The molecular weight excluding hydrogens is 256 g/mol. The maximum atomic E-state index is 5.75. The van der Waals surface area contributed by atoms with E-state index in [1.807, 2.05) is 42.5 Å². The van der Waals surface area contributed by atoms with Crippen molar-refractivity contribution in [2.75, 3.05) is 0 Å². The Bertz CT molecular complexity index is 490. The lowest BCUT2D eigenvalue weighted by Gasteiger charge is -2.19. The van der Waals surface area contributed by atoms with E-state index < -0.39 is 0 Å². The van der Waals surface area contributed by atoms with Crippen LogP contribution < -0.4 is 4.74 Å². The molecule has 0 saturated carbocycles. The molecule has 0 fully saturated rings. The van der Waals surface area contributed by atoms with Crippen molar-refractivity contribution in [3.63, 3.8) is 0 Å². The molecule has 21 heavy (non-hydrogen) atoms. The molecule has 0 atom stereocenters. The molecule has 0 heterocycles. The van der Waals surface area contributed by atoms with Crippen molar-refractivity contribution in [3.8, 4) is 11.5 Å². The summed E-state index contributed by atoms with van der Waals surface area (Å²) >= 11 is 0. The van der Waals surface area contributed by atoms with Crippen molar-refractivity contribution in [3.05, 3.63) is 60.2 Å². The quantitative estimate of drug-likeness (QED) is 0.618. The van der Waals surface area contributed by atoms with Crippen LogP contribution in [0, 0.1) is 0 Å². The number of ether oxygens (including phenoxy) is 1. The molecule has 1 nitrogen and oxygen atoms in total. The second-order valence-electron chi connectivity index (χ2n) is 6.19. The Morgan fingerprint density at radius 1 is 0.714 bits per heavy atom. The summed E-state index contributed by atoms with van der Waals surface area (Å²) in [6.07, 6.45) is 2.64. The first-order valence-corrected chi connectivity index (χ1v) is 7.80. The average molecular weight is 284 g/mol. The molecule has 0 aliphatic carbocycles. The Hall–Kier alpha value is -1.76. The third-order valence-electron chi connectivity index (χ3n) is 3.20. The van der Waals surface area contributed by atoms with Crippen LogP contribution in [0.1, 0.15) is 53.0 Å². The number of hydrogen-bond acceptors (Lipinski definition) is 1. The van der Waals surface area contributed by atoms with Crippen LogP contribution in [0.3, 0.4) is 0 Å². The molecular formula is C20H28O. The summed E-state index contributed by atoms with van der Waals surface area (Å²) in [5.41, 5.74) is 1.50. The fraction of sp³-hybridized carbons (Fsp3) is 0.400. The predicted molar refractivity (Wildman–Crippen MR) is 92.2 cm³/mol. The lowest BCUT2D eigenvalue weighted by molar-refractivity contribution is 0.481. The van der Waals surface area contributed by atoms with Gasteiger partial charge in [0.2, 0.25) is 0 Å². The fourth-order valence-corrected chi connectivity index (χ4v) is 1.65. The molecule has 1 heteroatoms. The van der Waals surface area contributed by atoms with Gasteiger partial charge in [-0.15, -0.1) is 0 Å². The van der Waals surface area contributed by atoms with Crippen molar-refractivity contribution in [1.29, 1.82) is 0 Å². The van der Waals surface area contributed by atoms with Crippen LogP contribution in [0.4, 0.5) is 0 Å². The molecule has 2 aromatic rings. The van der Waals surface area contributed by atoms with Gasteiger partial charge in [-0.05, 0) is 35.2 Å². The minimum atomic E-state index is 0.186. The Morgan fingerprint density at radius 3 is 1.62 bits per heavy atom. The van der Waals surface area contributed by atoms with Crippen LogP contribution in [0.2, 0.25) is 0 Å². The Morgan fingerprint density at radius 2 is 1.19 bits per heavy atom. The molecule has 0 unspecified atom stereocenters. The number of unbranched alkanes of at least 4 members (excludes halogenated alkanes) is 1. The molecule has 2 rings (SSSR count). The van der Waals surface area contributed by atoms with Gasteiger partial charge in [-0.2, -0.15) is 0 Å². The van der Waals surface area contributed by atoms with Crippen LogP contribution in [-0.4, -0.2) is 0 Å². The maximum Gasteiger partial charge on any atom is 0.127 e. The number of hydrogen-bond donors (Lipinski definition) is 0. The molecule has 0 N–H and O–H groups in total. The third-order valence-corrected chi connectivity index (χ3v) is 3.20. The van der Waals surface area contributed by atoms with Gasteiger partial charge in [0.15, 0.2) is 0 Å². The summed E-state index contributed by atoms with van der Waals surface area (Å²) in [6.45, 7) is 11.0. The van der Waals surface area contributed by atoms with Gasteiger partial charge in [0.1, 0.15) is 11.5 Å². The van der Waals surface area contributed by atoms with Crippen LogP contribution in [0.25, 0.3) is 0 Å². The van der Waals surface area contributed by atoms with Gasteiger partial charge in [-0.3, -0.25) is 0 Å². The topological polar surface area (TPSA) is 9.23 Å². The standard InChI is InChI=1S/C16H18O.C4H10/c1-16(2,3)13-9-11-15(12-10-13)17-14-7-5-4-6-8-14;1-3-4-2/h4-12H,1-3H3;3-4H2,1-2H3. The first-order valence-electron chi connectivity index (χ1n) is 7.80. The molecule has 0 amide bonds. The van der Waals surface area contributed by atoms with Gasteiger partial charge < -0.3 is 4.74 Å². The van der Waals surface area contributed by atoms with Gasteiger partial charge in [0, 0.05) is 0 Å². The van der Waals surface area contributed by atoms with E-state index in [1.165, 1.54) is 18.4 Å². The molecule has 0 aromatic heterocycles. The molecule has 0 aliphatic heterocycles. The van der Waals surface area contributed by atoms with Crippen LogP contribution >= 0.6 is 0 Å². The normalized spacial score (nSPS) is 10.5. The van der Waals surface area contributed by atoms with Crippen LogP contribution in [0.5, 0.6) is 11.5 Å². The van der Waals surface area contributed by atoms with E-state index >= 15 is 0 Å². The summed E-state index contributed by atoms with van der Waals surface area (Å²) in [4.78, 5) is 0. The summed E-state index contributed by atoms with van der Waals surface area (Å²) in [6, 6.07) is 18.1. The highest BCUT2D eigenvalue weighted by Gasteiger charge is 2.12.